The summed E-state index contributed by atoms with van der Waals surface area (Å²) in [6, 6.07) is 40.1. The fourth-order valence-electron chi connectivity index (χ4n) is 14.1. The summed E-state index contributed by atoms with van der Waals surface area (Å²) >= 11 is 0. The molecule has 0 aliphatic carbocycles. The van der Waals surface area contributed by atoms with Crippen molar-refractivity contribution in [3.63, 3.8) is 0 Å². The minimum Gasteiger partial charge on any atom is -0.456 e. The number of ether oxygens (including phenoxy) is 2. The van der Waals surface area contributed by atoms with E-state index >= 15 is 0 Å². The zero-order valence-corrected chi connectivity index (χ0v) is 54.7. The number of fused-ring (bicyclic) bond motifs is 6. The van der Waals surface area contributed by atoms with Crippen LogP contribution in [0.25, 0.3) is 11.1 Å². The van der Waals surface area contributed by atoms with E-state index in [0.29, 0.717) is 11.8 Å². The molecule has 0 bridgehead atoms. The Kier molecular flexibility index (Phi) is 14.0. The predicted octanol–water partition coefficient (Wildman–Crippen LogP) is 16.0. The van der Waals surface area contributed by atoms with Gasteiger partial charge in [-0.05, 0) is 148 Å². The summed E-state index contributed by atoms with van der Waals surface area (Å²) in [4.78, 5) is 0. The number of benzene rings is 7. The average Bonchev–Trinajstić information content (AvgIpc) is 0.780. The average molecular weight is 1090 g/mol. The fourth-order valence-corrected chi connectivity index (χ4v) is 14.1. The minimum absolute atomic E-state index is 0.0668. The summed E-state index contributed by atoms with van der Waals surface area (Å²) < 4.78 is 15.0. The van der Waals surface area contributed by atoms with Crippen LogP contribution in [0.3, 0.4) is 0 Å². The monoisotopic (exact) mass is 1080 g/mol. The third-order valence-corrected chi connectivity index (χ3v) is 19.1. The SMILES string of the molecule is CC(C)c1cc(C(C)C)c(B2c3cc(C(C)(C)C)cc4c3C(=c3cc5c(cc32)=C2c3ccc(C(C)(C)C)cc3Oc3cc(C(C)(C)C)cc(c32)B5c2c(C(C)C)cc(C(C)C)cc2C(C)C)c2ccc(C(C)(C)C)cc2O4)c(C(C)C)c1. The Bertz CT molecular complexity index is 3610. The maximum absolute atomic E-state index is 7.50. The molecule has 0 N–H and O–H groups in total. The Morgan fingerprint density at radius 1 is 0.305 bits per heavy atom. The van der Waals surface area contributed by atoms with Gasteiger partial charge in [-0.2, -0.15) is 0 Å². The largest absolute Gasteiger partial charge is 0.456 e. The van der Waals surface area contributed by atoms with Crippen LogP contribution in [0.4, 0.5) is 0 Å². The summed E-state index contributed by atoms with van der Waals surface area (Å²) in [5, 5.41) is 2.64. The molecule has 4 heteroatoms. The van der Waals surface area contributed by atoms with E-state index in [1.165, 1.54) is 132 Å². The molecule has 4 aliphatic rings. The minimum atomic E-state index is -0.146. The first-order valence-electron chi connectivity index (χ1n) is 31.5. The van der Waals surface area contributed by atoms with Gasteiger partial charge in [0.2, 0.25) is 13.4 Å². The van der Waals surface area contributed by atoms with E-state index in [4.69, 9.17) is 9.47 Å². The molecule has 7 aromatic rings. The van der Waals surface area contributed by atoms with Gasteiger partial charge < -0.3 is 9.47 Å². The molecule has 82 heavy (non-hydrogen) atoms. The van der Waals surface area contributed by atoms with Gasteiger partial charge in [-0.15, -0.1) is 0 Å². The molecule has 4 aliphatic heterocycles. The van der Waals surface area contributed by atoms with Gasteiger partial charge in [-0.3, -0.25) is 0 Å². The van der Waals surface area contributed by atoms with Crippen LogP contribution < -0.4 is 52.7 Å². The van der Waals surface area contributed by atoms with Crippen LogP contribution in [-0.4, -0.2) is 13.4 Å². The lowest BCUT2D eigenvalue weighted by atomic mass is 9.29. The van der Waals surface area contributed by atoms with E-state index < -0.39 is 0 Å². The van der Waals surface area contributed by atoms with Crippen molar-refractivity contribution >= 4 is 57.3 Å². The number of rotatable bonds is 8. The van der Waals surface area contributed by atoms with Crippen molar-refractivity contribution in [1.82, 2.24) is 0 Å². The predicted molar refractivity (Wildman–Crippen MR) is 356 cm³/mol. The normalized spacial score (nSPS) is 14.6. The molecule has 0 unspecified atom stereocenters. The zero-order valence-electron chi connectivity index (χ0n) is 54.7. The van der Waals surface area contributed by atoms with Crippen LogP contribution in [-0.2, 0) is 21.7 Å². The van der Waals surface area contributed by atoms with Crippen molar-refractivity contribution in [2.45, 2.75) is 223 Å². The standard InChI is InChI=1S/C78H94B2O2/c1-41(2)47-29-55(43(5)6)73(56(30-47)44(7)8)79-61-39-60-62(40-59(61)69-53-27-25-49(75(13,14)15)35-65(53)81-67-37-51(77(19,20)21)33-63(79)71(67)69)80(74-57(45(9)10)31-48(42(3)4)32-58(74)46(11)12)64-34-52(78(22,23)24)38-68-72(64)70(60)54-28-26-50(76(16,17)18)36-66(54)82-68/h25-46H,1-24H3. The summed E-state index contributed by atoms with van der Waals surface area (Å²) in [6.07, 6.45) is 0. The van der Waals surface area contributed by atoms with Gasteiger partial charge >= 0.3 is 0 Å². The van der Waals surface area contributed by atoms with E-state index in [2.05, 4.69) is 263 Å². The van der Waals surface area contributed by atoms with Gasteiger partial charge in [0.25, 0.3) is 0 Å². The Labute approximate surface area is 495 Å². The molecule has 0 fully saturated rings. The Balaban J connectivity index is 1.45. The number of hydrogen-bond donors (Lipinski definition) is 0. The molecule has 0 spiro atoms. The maximum atomic E-state index is 7.50. The highest BCUT2D eigenvalue weighted by atomic mass is 16.5. The van der Waals surface area contributed by atoms with E-state index in [-0.39, 0.29) is 58.8 Å². The molecule has 0 aromatic heterocycles. The lowest BCUT2D eigenvalue weighted by Gasteiger charge is -2.39. The highest BCUT2D eigenvalue weighted by Gasteiger charge is 2.45. The molecule has 0 saturated carbocycles. The second-order valence-electron chi connectivity index (χ2n) is 31.3. The fraction of sp³-hybridized carbons (Fsp3) is 0.436. The lowest BCUT2D eigenvalue weighted by molar-refractivity contribution is 0.467. The summed E-state index contributed by atoms with van der Waals surface area (Å²) in [5.74, 6) is 5.76. The van der Waals surface area contributed by atoms with Crippen LogP contribution >= 0.6 is 0 Å². The summed E-state index contributed by atoms with van der Waals surface area (Å²) in [7, 11) is 0. The number of hydrogen-bond acceptors (Lipinski definition) is 2. The molecule has 0 atom stereocenters. The van der Waals surface area contributed by atoms with Gasteiger partial charge in [0.1, 0.15) is 23.0 Å². The molecular formula is C78H94B2O2. The first kappa shape index (κ1) is 57.8. The molecular weight excluding hydrogens is 990 g/mol. The summed E-state index contributed by atoms with van der Waals surface area (Å²) in [6.45, 7) is 56.8. The Morgan fingerprint density at radius 3 is 0.866 bits per heavy atom. The van der Waals surface area contributed by atoms with Crippen LogP contribution in [0.1, 0.15) is 280 Å². The van der Waals surface area contributed by atoms with Gasteiger partial charge in [0.05, 0.1) is 0 Å². The quantitative estimate of drug-likeness (QED) is 0.141. The van der Waals surface area contributed by atoms with E-state index in [1.807, 2.05) is 0 Å². The van der Waals surface area contributed by atoms with E-state index in [1.54, 1.807) is 0 Å². The molecule has 424 valence electrons. The van der Waals surface area contributed by atoms with Gasteiger partial charge in [0, 0.05) is 33.4 Å². The second-order valence-corrected chi connectivity index (χ2v) is 31.3. The first-order valence-corrected chi connectivity index (χ1v) is 31.5. The van der Waals surface area contributed by atoms with Crippen molar-refractivity contribution in [1.29, 1.82) is 0 Å². The highest BCUT2D eigenvalue weighted by molar-refractivity contribution is 6.98. The Hall–Kier alpha value is -5.99. The smallest absolute Gasteiger partial charge is 0.243 e. The van der Waals surface area contributed by atoms with Crippen molar-refractivity contribution in [3.8, 4) is 23.0 Å². The molecule has 0 radical (unpaired) electrons. The van der Waals surface area contributed by atoms with Crippen LogP contribution in [0, 0.1) is 0 Å². The van der Waals surface area contributed by atoms with Crippen molar-refractivity contribution in [3.05, 3.63) is 185 Å². The van der Waals surface area contributed by atoms with Crippen LogP contribution in [0.2, 0.25) is 0 Å². The zero-order chi connectivity index (χ0) is 59.5. The first-order chi connectivity index (χ1) is 38.1. The summed E-state index contributed by atoms with van der Waals surface area (Å²) in [5.41, 5.74) is 29.1. The van der Waals surface area contributed by atoms with Gasteiger partial charge in [-0.1, -0.05) is 272 Å². The Morgan fingerprint density at radius 2 is 0.598 bits per heavy atom. The molecule has 0 saturated heterocycles. The van der Waals surface area contributed by atoms with E-state index in [0.717, 1.165) is 23.0 Å². The van der Waals surface area contributed by atoms with Crippen molar-refractivity contribution in [2.75, 3.05) is 0 Å². The molecule has 2 nitrogen and oxygen atoms in total. The third kappa shape index (κ3) is 9.48. The molecule has 11 rings (SSSR count). The highest BCUT2D eigenvalue weighted by Crippen LogP contribution is 2.48. The van der Waals surface area contributed by atoms with Gasteiger partial charge in [0.15, 0.2) is 0 Å². The molecule has 4 heterocycles. The molecule has 7 aromatic carbocycles. The second kappa shape index (κ2) is 19.8. The maximum Gasteiger partial charge on any atom is 0.243 e. The van der Waals surface area contributed by atoms with E-state index in [9.17, 15) is 0 Å². The van der Waals surface area contributed by atoms with Gasteiger partial charge in [-0.25, -0.2) is 0 Å². The topological polar surface area (TPSA) is 18.5 Å². The lowest BCUT2D eigenvalue weighted by Crippen LogP contribution is -2.69. The molecule has 0 amide bonds. The third-order valence-electron chi connectivity index (χ3n) is 19.1. The van der Waals surface area contributed by atoms with Crippen LogP contribution in [0.15, 0.2) is 97.1 Å². The van der Waals surface area contributed by atoms with Crippen molar-refractivity contribution < 1.29 is 9.47 Å². The van der Waals surface area contributed by atoms with Crippen LogP contribution in [0.5, 0.6) is 23.0 Å². The van der Waals surface area contributed by atoms with Crippen molar-refractivity contribution in [2.24, 2.45) is 0 Å².